The lowest BCUT2D eigenvalue weighted by molar-refractivity contribution is -0.117. The molecule has 1 amide bonds. The van der Waals surface area contributed by atoms with Crippen molar-refractivity contribution in [1.29, 1.82) is 0 Å². The van der Waals surface area contributed by atoms with Gasteiger partial charge in [0.1, 0.15) is 5.82 Å². The minimum Gasteiger partial charge on any atom is -0.490 e. The Kier molecular flexibility index (Phi) is 7.03. The second-order valence-corrected chi connectivity index (χ2v) is 6.78. The number of rotatable bonds is 9. The third-order valence-electron chi connectivity index (χ3n) is 4.32. The normalized spacial score (nSPS) is 10.9. The molecule has 3 rings (SSSR count). The van der Waals surface area contributed by atoms with Gasteiger partial charge in [0.05, 0.1) is 37.2 Å². The Bertz CT molecular complexity index is 1080. The summed E-state index contributed by atoms with van der Waals surface area (Å²) in [5, 5.41) is 3.40. The summed E-state index contributed by atoms with van der Waals surface area (Å²) in [6.07, 6.45) is 0. The molecule has 0 bridgehead atoms. The molecular formula is C22H26N4O4. The number of para-hydroxylation sites is 1. The molecule has 0 atom stereocenters. The van der Waals surface area contributed by atoms with Crippen LogP contribution < -0.4 is 20.3 Å². The lowest BCUT2D eigenvalue weighted by atomic mass is 10.2. The third-order valence-corrected chi connectivity index (χ3v) is 4.32. The van der Waals surface area contributed by atoms with Gasteiger partial charge in [-0.2, -0.15) is 0 Å². The van der Waals surface area contributed by atoms with Crippen molar-refractivity contribution in [2.24, 2.45) is 0 Å². The maximum atomic E-state index is 12.5. The molecule has 0 aliphatic heterocycles. The number of hydrogen-bond donors (Lipinski definition) is 2. The van der Waals surface area contributed by atoms with Crippen LogP contribution in [0.5, 0.6) is 11.5 Å². The number of nitrogens with one attached hydrogen (secondary N) is 2. The zero-order valence-corrected chi connectivity index (χ0v) is 17.4. The number of amides is 1. The lowest BCUT2D eigenvalue weighted by Crippen LogP contribution is -2.31. The molecule has 1 heterocycles. The van der Waals surface area contributed by atoms with E-state index in [1.807, 2.05) is 19.9 Å². The van der Waals surface area contributed by atoms with E-state index in [1.165, 1.54) is 0 Å². The van der Waals surface area contributed by atoms with Crippen LogP contribution in [0.4, 0.5) is 5.69 Å². The fourth-order valence-corrected chi connectivity index (χ4v) is 3.10. The van der Waals surface area contributed by atoms with Crippen molar-refractivity contribution in [3.8, 4) is 11.5 Å². The van der Waals surface area contributed by atoms with Gasteiger partial charge in [0.25, 0.3) is 5.56 Å². The second kappa shape index (κ2) is 9.89. The molecule has 0 saturated carbocycles. The first-order chi connectivity index (χ1) is 14.5. The number of ether oxygens (including phenoxy) is 2. The molecule has 0 aliphatic rings. The Morgan fingerprint density at radius 2 is 1.83 bits per heavy atom. The standard InChI is InChI=1S/C22H26N4O4/c1-4-29-18-11-10-15(12-19(18)30-5-2)23-21(27)14-26(3)13-20-24-17-9-7-6-8-16(17)22(28)25-20/h6-12H,4-5,13-14H2,1-3H3,(H,23,27)(H,24,25,28). The van der Waals surface area contributed by atoms with Crippen LogP contribution in [-0.4, -0.2) is 47.6 Å². The number of likely N-dealkylation sites (N-methyl/N-ethyl adjacent to an activating group) is 1. The van der Waals surface area contributed by atoms with E-state index in [1.54, 1.807) is 48.3 Å². The quantitative estimate of drug-likeness (QED) is 0.563. The van der Waals surface area contributed by atoms with Gasteiger partial charge in [-0.25, -0.2) is 4.98 Å². The summed E-state index contributed by atoms with van der Waals surface area (Å²) >= 11 is 0. The van der Waals surface area contributed by atoms with Crippen molar-refractivity contribution >= 4 is 22.5 Å². The lowest BCUT2D eigenvalue weighted by Gasteiger charge is -2.17. The van der Waals surface area contributed by atoms with E-state index in [0.717, 1.165) is 0 Å². The number of aromatic nitrogens is 2. The monoisotopic (exact) mass is 410 g/mol. The highest BCUT2D eigenvalue weighted by Gasteiger charge is 2.12. The average Bonchev–Trinajstić information content (AvgIpc) is 2.70. The van der Waals surface area contributed by atoms with E-state index < -0.39 is 0 Å². The molecule has 0 fully saturated rings. The number of hydrogen-bond acceptors (Lipinski definition) is 6. The first kappa shape index (κ1) is 21.3. The number of H-pyrrole nitrogens is 1. The smallest absolute Gasteiger partial charge is 0.258 e. The zero-order chi connectivity index (χ0) is 21.5. The van der Waals surface area contributed by atoms with E-state index in [9.17, 15) is 9.59 Å². The maximum Gasteiger partial charge on any atom is 0.258 e. The first-order valence-corrected chi connectivity index (χ1v) is 9.86. The number of anilines is 1. The first-order valence-electron chi connectivity index (χ1n) is 9.86. The van der Waals surface area contributed by atoms with Crippen molar-refractivity contribution in [2.45, 2.75) is 20.4 Å². The van der Waals surface area contributed by atoms with Crippen LogP contribution in [0.3, 0.4) is 0 Å². The Balaban J connectivity index is 1.63. The number of aromatic amines is 1. The van der Waals surface area contributed by atoms with Crippen molar-refractivity contribution < 1.29 is 14.3 Å². The molecule has 0 spiro atoms. The number of nitrogens with zero attached hydrogens (tertiary/aromatic N) is 2. The van der Waals surface area contributed by atoms with Crippen LogP contribution in [0.15, 0.2) is 47.3 Å². The predicted molar refractivity (Wildman–Crippen MR) is 116 cm³/mol. The maximum absolute atomic E-state index is 12.5. The summed E-state index contributed by atoms with van der Waals surface area (Å²) in [4.78, 5) is 33.7. The number of carbonyl (C=O) groups is 1. The average molecular weight is 410 g/mol. The topological polar surface area (TPSA) is 96.5 Å². The van der Waals surface area contributed by atoms with Gasteiger partial charge in [-0.15, -0.1) is 0 Å². The third kappa shape index (κ3) is 5.36. The summed E-state index contributed by atoms with van der Waals surface area (Å²) in [7, 11) is 1.79. The zero-order valence-electron chi connectivity index (χ0n) is 17.4. The Labute approximate surface area is 174 Å². The molecule has 0 aliphatic carbocycles. The van der Waals surface area contributed by atoms with Crippen molar-refractivity contribution in [2.75, 3.05) is 32.1 Å². The molecule has 2 aromatic carbocycles. The molecule has 2 N–H and O–H groups in total. The number of fused-ring (bicyclic) bond motifs is 1. The van der Waals surface area contributed by atoms with Crippen LogP contribution in [0.25, 0.3) is 10.9 Å². The fourth-order valence-electron chi connectivity index (χ4n) is 3.10. The van der Waals surface area contributed by atoms with Gasteiger partial charge in [-0.1, -0.05) is 12.1 Å². The molecule has 8 heteroatoms. The highest BCUT2D eigenvalue weighted by molar-refractivity contribution is 5.92. The molecular weight excluding hydrogens is 384 g/mol. The van der Waals surface area contributed by atoms with Crippen LogP contribution in [-0.2, 0) is 11.3 Å². The molecule has 0 unspecified atom stereocenters. The van der Waals surface area contributed by atoms with E-state index in [2.05, 4.69) is 15.3 Å². The van der Waals surface area contributed by atoms with Gasteiger partial charge in [-0.3, -0.25) is 14.5 Å². The molecule has 30 heavy (non-hydrogen) atoms. The van der Waals surface area contributed by atoms with Gasteiger partial charge < -0.3 is 19.8 Å². The summed E-state index contributed by atoms with van der Waals surface area (Å²) in [5.41, 5.74) is 1.07. The molecule has 158 valence electrons. The van der Waals surface area contributed by atoms with Gasteiger partial charge >= 0.3 is 0 Å². The molecule has 0 saturated heterocycles. The van der Waals surface area contributed by atoms with Gasteiger partial charge in [0, 0.05) is 11.8 Å². The summed E-state index contributed by atoms with van der Waals surface area (Å²) in [5.74, 6) is 1.55. The molecule has 0 radical (unpaired) electrons. The Morgan fingerprint density at radius 3 is 2.60 bits per heavy atom. The van der Waals surface area contributed by atoms with E-state index in [4.69, 9.17) is 9.47 Å². The van der Waals surface area contributed by atoms with Crippen LogP contribution in [0, 0.1) is 0 Å². The van der Waals surface area contributed by atoms with Crippen LogP contribution in [0.1, 0.15) is 19.7 Å². The highest BCUT2D eigenvalue weighted by atomic mass is 16.5. The van der Waals surface area contributed by atoms with E-state index >= 15 is 0 Å². The van der Waals surface area contributed by atoms with Gasteiger partial charge in [0.15, 0.2) is 11.5 Å². The SMILES string of the molecule is CCOc1ccc(NC(=O)CN(C)Cc2nc3ccccc3c(=O)[nH]2)cc1OCC. The highest BCUT2D eigenvalue weighted by Crippen LogP contribution is 2.30. The minimum absolute atomic E-state index is 0.133. The minimum atomic E-state index is -0.189. The van der Waals surface area contributed by atoms with Crippen molar-refractivity contribution in [3.63, 3.8) is 0 Å². The van der Waals surface area contributed by atoms with Gasteiger partial charge in [-0.05, 0) is 45.2 Å². The summed E-state index contributed by atoms with van der Waals surface area (Å²) in [6.45, 7) is 5.29. The van der Waals surface area contributed by atoms with Crippen LogP contribution >= 0.6 is 0 Å². The van der Waals surface area contributed by atoms with Crippen molar-refractivity contribution in [3.05, 3.63) is 58.6 Å². The van der Waals surface area contributed by atoms with Gasteiger partial charge in [0.2, 0.25) is 5.91 Å². The van der Waals surface area contributed by atoms with Crippen molar-refractivity contribution in [1.82, 2.24) is 14.9 Å². The summed E-state index contributed by atoms with van der Waals surface area (Å²) < 4.78 is 11.1. The predicted octanol–water partition coefficient (Wildman–Crippen LogP) is 2.79. The molecule has 8 nitrogen and oxygen atoms in total. The van der Waals surface area contributed by atoms with Crippen LogP contribution in [0.2, 0.25) is 0 Å². The molecule has 1 aromatic heterocycles. The largest absolute Gasteiger partial charge is 0.490 e. The fraction of sp³-hybridized carbons (Fsp3) is 0.318. The second-order valence-electron chi connectivity index (χ2n) is 6.78. The molecule has 3 aromatic rings. The summed E-state index contributed by atoms with van der Waals surface area (Å²) in [6, 6.07) is 12.5. The Hall–Kier alpha value is -3.39. The van der Waals surface area contributed by atoms with E-state index in [-0.39, 0.29) is 18.0 Å². The number of benzene rings is 2. The van der Waals surface area contributed by atoms with E-state index in [0.29, 0.717) is 53.7 Å². The Morgan fingerprint density at radius 1 is 1.10 bits per heavy atom. The number of carbonyl (C=O) groups excluding carboxylic acids is 1.